The highest BCUT2D eigenvalue weighted by atomic mass is 32.2. The van der Waals surface area contributed by atoms with Gasteiger partial charge in [-0.15, -0.1) is 0 Å². The quantitative estimate of drug-likeness (QED) is 0.149. The van der Waals surface area contributed by atoms with Crippen LogP contribution in [0.3, 0.4) is 0 Å². The molecular formula is C29H26N4O5S. The van der Waals surface area contributed by atoms with Crippen molar-refractivity contribution >= 4 is 51.2 Å². The molecule has 198 valence electrons. The maximum Gasteiger partial charge on any atom is 0.269 e. The Bertz CT molecular complexity index is 1580. The van der Waals surface area contributed by atoms with Crippen LogP contribution >= 0.6 is 11.8 Å². The number of aromatic nitrogens is 1. The molecule has 0 spiro atoms. The Morgan fingerprint density at radius 2 is 1.77 bits per heavy atom. The Kier molecular flexibility index (Phi) is 7.76. The van der Waals surface area contributed by atoms with E-state index in [0.717, 1.165) is 33.5 Å². The lowest BCUT2D eigenvalue weighted by molar-refractivity contribution is -0.384. The molecule has 0 aliphatic carbocycles. The first-order valence-electron chi connectivity index (χ1n) is 12.2. The summed E-state index contributed by atoms with van der Waals surface area (Å²) in [7, 11) is 3.21. The number of hydrogen-bond acceptors (Lipinski definition) is 7. The van der Waals surface area contributed by atoms with Crippen LogP contribution in [0.4, 0.5) is 11.4 Å². The van der Waals surface area contributed by atoms with Gasteiger partial charge >= 0.3 is 0 Å². The number of benzene rings is 3. The van der Waals surface area contributed by atoms with Crippen molar-refractivity contribution in [2.75, 3.05) is 27.4 Å². The van der Waals surface area contributed by atoms with Crippen LogP contribution in [-0.2, 0) is 16.1 Å². The van der Waals surface area contributed by atoms with E-state index < -0.39 is 4.92 Å². The number of hydrogen-bond donors (Lipinski definition) is 0. The lowest BCUT2D eigenvalue weighted by Crippen LogP contribution is -2.32. The third-order valence-corrected chi connectivity index (χ3v) is 7.32. The molecule has 5 rings (SSSR count). The molecule has 3 aromatic carbocycles. The average Bonchev–Trinajstić information content (AvgIpc) is 3.44. The van der Waals surface area contributed by atoms with E-state index in [0.29, 0.717) is 29.8 Å². The standard InChI is InChI=1S/C29H26N4O5S/c1-37-16-15-32-28(34)27(39-29(32)30-22-9-13-24(38-2)14-10-22)17-21-19-31(26-6-4-3-5-25(21)26)18-20-7-11-23(12-8-20)33(35)36/h3-14,17,19H,15-16,18H2,1-2H3/b27-17-,30-29?. The zero-order valence-corrected chi connectivity index (χ0v) is 22.3. The zero-order valence-electron chi connectivity index (χ0n) is 21.4. The first kappa shape index (κ1) is 26.2. The molecule has 39 heavy (non-hydrogen) atoms. The van der Waals surface area contributed by atoms with Gasteiger partial charge in [0.15, 0.2) is 5.17 Å². The molecule has 1 aliphatic rings. The van der Waals surface area contributed by atoms with Gasteiger partial charge in [-0.1, -0.05) is 30.3 Å². The van der Waals surface area contributed by atoms with E-state index in [-0.39, 0.29) is 11.6 Å². The molecule has 0 bridgehead atoms. The first-order valence-corrected chi connectivity index (χ1v) is 13.0. The Hall–Kier alpha value is -4.41. The number of nitro groups is 1. The predicted molar refractivity (Wildman–Crippen MR) is 153 cm³/mol. The number of non-ortho nitro benzene ring substituents is 1. The fourth-order valence-electron chi connectivity index (χ4n) is 4.32. The number of rotatable bonds is 9. The number of carbonyl (C=O) groups excluding carboxylic acids is 1. The smallest absolute Gasteiger partial charge is 0.269 e. The minimum Gasteiger partial charge on any atom is -0.497 e. The van der Waals surface area contributed by atoms with Gasteiger partial charge in [0.2, 0.25) is 0 Å². The summed E-state index contributed by atoms with van der Waals surface area (Å²) in [6, 6.07) is 21.9. The third kappa shape index (κ3) is 5.71. The van der Waals surface area contributed by atoms with Gasteiger partial charge in [0.1, 0.15) is 5.75 Å². The van der Waals surface area contributed by atoms with E-state index in [2.05, 4.69) is 4.57 Å². The van der Waals surface area contributed by atoms with Crippen molar-refractivity contribution in [1.82, 2.24) is 9.47 Å². The lowest BCUT2D eigenvalue weighted by atomic mass is 10.1. The van der Waals surface area contributed by atoms with E-state index >= 15 is 0 Å². The molecule has 1 aromatic heterocycles. The Morgan fingerprint density at radius 1 is 1.03 bits per heavy atom. The number of carbonyl (C=O) groups is 1. The second-order valence-corrected chi connectivity index (χ2v) is 9.81. The number of aliphatic imine (C=N–C) groups is 1. The van der Waals surface area contributed by atoms with Crippen LogP contribution in [0.5, 0.6) is 5.75 Å². The van der Waals surface area contributed by atoms with Gasteiger partial charge in [-0.2, -0.15) is 0 Å². The highest BCUT2D eigenvalue weighted by Crippen LogP contribution is 2.36. The van der Waals surface area contributed by atoms with Crippen LogP contribution in [0.25, 0.3) is 17.0 Å². The first-order chi connectivity index (χ1) is 19.0. The summed E-state index contributed by atoms with van der Waals surface area (Å²) in [5.41, 5.74) is 3.62. The van der Waals surface area contributed by atoms with Crippen molar-refractivity contribution in [3.63, 3.8) is 0 Å². The van der Waals surface area contributed by atoms with Crippen molar-refractivity contribution in [2.45, 2.75) is 6.54 Å². The average molecular weight is 543 g/mol. The largest absolute Gasteiger partial charge is 0.497 e. The van der Waals surface area contributed by atoms with Crippen molar-refractivity contribution in [2.24, 2.45) is 4.99 Å². The van der Waals surface area contributed by atoms with Gasteiger partial charge in [0, 0.05) is 48.5 Å². The van der Waals surface area contributed by atoms with Crippen LogP contribution < -0.4 is 4.74 Å². The zero-order chi connectivity index (χ0) is 27.4. The molecule has 10 heteroatoms. The number of amidine groups is 1. The van der Waals surface area contributed by atoms with Gasteiger partial charge in [0.25, 0.3) is 11.6 Å². The minimum atomic E-state index is -0.405. The fraction of sp³-hybridized carbons (Fsp3) is 0.172. The highest BCUT2D eigenvalue weighted by Gasteiger charge is 2.33. The van der Waals surface area contributed by atoms with Crippen molar-refractivity contribution in [3.8, 4) is 5.75 Å². The molecular weight excluding hydrogens is 516 g/mol. The number of methoxy groups -OCH3 is 2. The number of thioether (sulfide) groups is 1. The maximum atomic E-state index is 13.5. The predicted octanol–water partition coefficient (Wildman–Crippen LogP) is 5.86. The maximum absolute atomic E-state index is 13.5. The Balaban J connectivity index is 1.48. The Labute approximate surface area is 229 Å². The summed E-state index contributed by atoms with van der Waals surface area (Å²) in [6.45, 7) is 1.30. The topological polar surface area (TPSA) is 99.2 Å². The molecule has 1 amide bonds. The molecule has 1 saturated heterocycles. The number of amides is 1. The normalized spacial score (nSPS) is 15.5. The van der Waals surface area contributed by atoms with Crippen LogP contribution in [0.15, 0.2) is 88.9 Å². The van der Waals surface area contributed by atoms with E-state index in [1.165, 1.54) is 23.9 Å². The van der Waals surface area contributed by atoms with Crippen molar-refractivity contribution in [3.05, 3.63) is 105 Å². The van der Waals surface area contributed by atoms with Crippen LogP contribution in [0.1, 0.15) is 11.1 Å². The number of ether oxygens (including phenoxy) is 2. The van der Waals surface area contributed by atoms with E-state index in [4.69, 9.17) is 14.5 Å². The lowest BCUT2D eigenvalue weighted by Gasteiger charge is -2.14. The molecule has 0 N–H and O–H groups in total. The second kappa shape index (κ2) is 11.5. The summed E-state index contributed by atoms with van der Waals surface area (Å²) in [4.78, 5) is 31.0. The minimum absolute atomic E-state index is 0.0587. The molecule has 2 heterocycles. The van der Waals surface area contributed by atoms with E-state index in [1.807, 2.05) is 60.8 Å². The van der Waals surface area contributed by atoms with Gasteiger partial charge in [-0.3, -0.25) is 19.8 Å². The summed E-state index contributed by atoms with van der Waals surface area (Å²) in [5.74, 6) is 0.604. The number of nitrogens with zero attached hydrogens (tertiary/aromatic N) is 4. The summed E-state index contributed by atoms with van der Waals surface area (Å²) in [6.07, 6.45) is 3.91. The van der Waals surface area contributed by atoms with Crippen molar-refractivity contribution in [1.29, 1.82) is 0 Å². The molecule has 1 fully saturated rings. The van der Waals surface area contributed by atoms with E-state index in [1.54, 1.807) is 31.3 Å². The van der Waals surface area contributed by atoms with Gasteiger partial charge < -0.3 is 14.0 Å². The molecule has 0 radical (unpaired) electrons. The molecule has 0 unspecified atom stereocenters. The molecule has 0 saturated carbocycles. The van der Waals surface area contributed by atoms with Crippen molar-refractivity contribution < 1.29 is 19.2 Å². The Morgan fingerprint density at radius 3 is 2.46 bits per heavy atom. The summed E-state index contributed by atoms with van der Waals surface area (Å²) < 4.78 is 12.6. The fourth-order valence-corrected chi connectivity index (χ4v) is 5.34. The van der Waals surface area contributed by atoms with Crippen LogP contribution in [-0.4, -0.2) is 52.8 Å². The molecule has 0 atom stereocenters. The summed E-state index contributed by atoms with van der Waals surface area (Å²) >= 11 is 1.33. The number of para-hydroxylation sites is 1. The van der Waals surface area contributed by atoms with Gasteiger partial charge in [-0.25, -0.2) is 4.99 Å². The van der Waals surface area contributed by atoms with E-state index in [9.17, 15) is 14.9 Å². The van der Waals surface area contributed by atoms with Gasteiger partial charge in [0.05, 0.1) is 35.8 Å². The second-order valence-electron chi connectivity index (χ2n) is 8.81. The SMILES string of the molecule is COCCN1C(=O)/C(=C/c2cn(Cc3ccc([N+](=O)[O-])cc3)c3ccccc23)SC1=Nc1ccc(OC)cc1. The number of nitro benzene ring substituents is 1. The third-order valence-electron chi connectivity index (χ3n) is 6.31. The van der Waals surface area contributed by atoms with Crippen LogP contribution in [0, 0.1) is 10.1 Å². The van der Waals surface area contributed by atoms with Crippen LogP contribution in [0.2, 0.25) is 0 Å². The highest BCUT2D eigenvalue weighted by molar-refractivity contribution is 8.18. The monoisotopic (exact) mass is 542 g/mol. The molecule has 4 aromatic rings. The van der Waals surface area contributed by atoms with Gasteiger partial charge in [-0.05, 0) is 53.7 Å². The summed E-state index contributed by atoms with van der Waals surface area (Å²) in [5, 5.41) is 12.6. The molecule has 1 aliphatic heterocycles. The number of fused-ring (bicyclic) bond motifs is 1. The molecule has 9 nitrogen and oxygen atoms in total.